The van der Waals surface area contributed by atoms with Crippen LogP contribution in [0.2, 0.25) is 0 Å². The zero-order valence-corrected chi connectivity index (χ0v) is 11.5. The highest BCUT2D eigenvalue weighted by molar-refractivity contribution is 5.58. The van der Waals surface area contributed by atoms with Crippen molar-refractivity contribution in [3.05, 3.63) is 65.7 Å². The number of halogens is 1. The van der Waals surface area contributed by atoms with Crippen LogP contribution >= 0.6 is 0 Å². The maximum atomic E-state index is 13.6. The average Bonchev–Trinajstić information content (AvgIpc) is 2.98. The van der Waals surface area contributed by atoms with Crippen molar-refractivity contribution in [1.82, 2.24) is 10.1 Å². The molecule has 4 nitrogen and oxygen atoms in total. The van der Waals surface area contributed by atoms with Gasteiger partial charge in [0.1, 0.15) is 5.82 Å². The van der Waals surface area contributed by atoms with E-state index in [1.165, 1.54) is 6.07 Å². The highest BCUT2D eigenvalue weighted by Crippen LogP contribution is 2.20. The van der Waals surface area contributed by atoms with Crippen LogP contribution < -0.4 is 5.32 Å². The molecule has 0 spiro atoms. The maximum Gasteiger partial charge on any atom is 0.257 e. The molecule has 0 fully saturated rings. The minimum atomic E-state index is -0.262. The van der Waals surface area contributed by atoms with E-state index in [0.717, 1.165) is 11.3 Å². The van der Waals surface area contributed by atoms with E-state index in [-0.39, 0.29) is 5.82 Å². The summed E-state index contributed by atoms with van der Waals surface area (Å²) in [5.74, 6) is 0.638. The first-order valence-electron chi connectivity index (χ1n) is 6.60. The van der Waals surface area contributed by atoms with Gasteiger partial charge in [-0.05, 0) is 35.9 Å². The quantitative estimate of drug-likeness (QED) is 0.796. The largest absolute Gasteiger partial charge is 0.388 e. The van der Waals surface area contributed by atoms with Crippen molar-refractivity contribution in [2.45, 2.75) is 6.42 Å². The molecule has 0 saturated heterocycles. The Morgan fingerprint density at radius 2 is 1.86 bits per heavy atom. The van der Waals surface area contributed by atoms with Gasteiger partial charge in [-0.15, -0.1) is 0 Å². The van der Waals surface area contributed by atoms with Gasteiger partial charge in [-0.3, -0.25) is 0 Å². The predicted octanol–water partition coefficient (Wildman–Crippen LogP) is 3.51. The first-order chi connectivity index (χ1) is 10.3. The summed E-state index contributed by atoms with van der Waals surface area (Å²) >= 11 is 0. The molecule has 3 rings (SSSR count). The summed E-state index contributed by atoms with van der Waals surface area (Å²) in [5, 5.41) is 6.94. The fourth-order valence-electron chi connectivity index (χ4n) is 2.03. The summed E-state index contributed by atoms with van der Waals surface area (Å²) in [6.45, 7) is 0. The molecular weight excluding hydrogens is 269 g/mol. The summed E-state index contributed by atoms with van der Waals surface area (Å²) < 4.78 is 18.8. The molecular formula is C16H14FN3O. The lowest BCUT2D eigenvalue weighted by molar-refractivity contribution is 0.423. The van der Waals surface area contributed by atoms with Gasteiger partial charge >= 0.3 is 0 Å². The third-order valence-electron chi connectivity index (χ3n) is 3.20. The molecule has 0 saturated carbocycles. The van der Waals surface area contributed by atoms with Crippen LogP contribution in [0.1, 0.15) is 11.4 Å². The number of nitrogens with one attached hydrogen (secondary N) is 1. The molecule has 0 radical (unpaired) electrons. The van der Waals surface area contributed by atoms with Gasteiger partial charge in [0.05, 0.1) is 0 Å². The zero-order valence-electron chi connectivity index (χ0n) is 11.5. The number of hydrogen-bond acceptors (Lipinski definition) is 4. The summed E-state index contributed by atoms with van der Waals surface area (Å²) in [6.07, 6.45) is 0.310. The van der Waals surface area contributed by atoms with Crippen LogP contribution in [-0.4, -0.2) is 17.2 Å². The SMILES string of the molecule is CNc1ccc(-c2nc(Cc3ccccc3F)no2)cc1. The Balaban J connectivity index is 1.81. The number of benzene rings is 2. The van der Waals surface area contributed by atoms with Crippen molar-refractivity contribution < 1.29 is 8.91 Å². The topological polar surface area (TPSA) is 51.0 Å². The molecule has 0 aliphatic carbocycles. The first-order valence-corrected chi connectivity index (χ1v) is 6.60. The smallest absolute Gasteiger partial charge is 0.257 e. The van der Waals surface area contributed by atoms with E-state index in [0.29, 0.717) is 23.7 Å². The molecule has 21 heavy (non-hydrogen) atoms. The van der Waals surface area contributed by atoms with Crippen LogP contribution in [0, 0.1) is 5.82 Å². The molecule has 3 aromatic rings. The van der Waals surface area contributed by atoms with Crippen molar-refractivity contribution in [2.24, 2.45) is 0 Å². The Morgan fingerprint density at radius 1 is 1.10 bits per heavy atom. The molecule has 0 aliphatic rings. The number of nitrogens with zero attached hydrogens (tertiary/aromatic N) is 2. The van der Waals surface area contributed by atoms with Gasteiger partial charge in [0.15, 0.2) is 5.82 Å². The Morgan fingerprint density at radius 3 is 2.57 bits per heavy atom. The van der Waals surface area contributed by atoms with Crippen molar-refractivity contribution in [3.63, 3.8) is 0 Å². The minimum Gasteiger partial charge on any atom is -0.388 e. The fourth-order valence-corrected chi connectivity index (χ4v) is 2.03. The Bertz CT molecular complexity index is 737. The van der Waals surface area contributed by atoms with E-state index in [1.807, 2.05) is 31.3 Å². The van der Waals surface area contributed by atoms with Crippen molar-refractivity contribution in [2.75, 3.05) is 12.4 Å². The molecule has 5 heteroatoms. The van der Waals surface area contributed by atoms with E-state index in [4.69, 9.17) is 4.52 Å². The van der Waals surface area contributed by atoms with Crippen LogP contribution in [0.5, 0.6) is 0 Å². The predicted molar refractivity (Wildman–Crippen MR) is 78.5 cm³/mol. The summed E-state index contributed by atoms with van der Waals surface area (Å²) in [4.78, 5) is 4.31. The van der Waals surface area contributed by atoms with Crippen LogP contribution in [0.25, 0.3) is 11.5 Å². The van der Waals surface area contributed by atoms with E-state index < -0.39 is 0 Å². The number of hydrogen-bond donors (Lipinski definition) is 1. The van der Waals surface area contributed by atoms with Gasteiger partial charge in [0, 0.05) is 24.7 Å². The molecule has 2 aromatic carbocycles. The summed E-state index contributed by atoms with van der Waals surface area (Å²) in [7, 11) is 1.86. The Labute approximate surface area is 121 Å². The normalized spacial score (nSPS) is 10.6. The average molecular weight is 283 g/mol. The van der Waals surface area contributed by atoms with Crippen LogP contribution in [0.4, 0.5) is 10.1 Å². The van der Waals surface area contributed by atoms with E-state index in [1.54, 1.807) is 18.2 Å². The molecule has 0 bridgehead atoms. The summed E-state index contributed by atoms with van der Waals surface area (Å²) in [6, 6.07) is 14.2. The van der Waals surface area contributed by atoms with Gasteiger partial charge in [-0.25, -0.2) is 4.39 Å². The van der Waals surface area contributed by atoms with Crippen LogP contribution in [0.15, 0.2) is 53.1 Å². The summed E-state index contributed by atoms with van der Waals surface area (Å²) in [5.41, 5.74) is 2.39. The fraction of sp³-hybridized carbons (Fsp3) is 0.125. The molecule has 106 valence electrons. The second-order valence-corrected chi connectivity index (χ2v) is 4.61. The van der Waals surface area contributed by atoms with Crippen molar-refractivity contribution in [1.29, 1.82) is 0 Å². The molecule has 1 aromatic heterocycles. The monoisotopic (exact) mass is 283 g/mol. The molecule has 1 heterocycles. The van der Waals surface area contributed by atoms with Crippen molar-refractivity contribution in [3.8, 4) is 11.5 Å². The van der Waals surface area contributed by atoms with Gasteiger partial charge in [-0.2, -0.15) is 4.98 Å². The van der Waals surface area contributed by atoms with Crippen molar-refractivity contribution >= 4 is 5.69 Å². The van der Waals surface area contributed by atoms with E-state index >= 15 is 0 Å². The second kappa shape index (κ2) is 5.75. The third kappa shape index (κ3) is 2.91. The van der Waals surface area contributed by atoms with Crippen LogP contribution in [-0.2, 0) is 6.42 Å². The highest BCUT2D eigenvalue weighted by atomic mass is 19.1. The standard InChI is InChI=1S/C16H14FN3O/c1-18-13-8-6-11(7-9-13)16-19-15(20-21-16)10-12-4-2-3-5-14(12)17/h2-9,18H,10H2,1H3. The van der Waals surface area contributed by atoms with Gasteiger partial charge in [-0.1, -0.05) is 23.4 Å². The molecule has 0 aliphatic heterocycles. The van der Waals surface area contributed by atoms with E-state index in [9.17, 15) is 4.39 Å². The van der Waals surface area contributed by atoms with Gasteiger partial charge < -0.3 is 9.84 Å². The lowest BCUT2D eigenvalue weighted by atomic mass is 10.1. The lowest BCUT2D eigenvalue weighted by Gasteiger charge is -1.99. The molecule has 0 unspecified atom stereocenters. The molecule has 1 N–H and O–H groups in total. The number of aromatic nitrogens is 2. The lowest BCUT2D eigenvalue weighted by Crippen LogP contribution is -1.94. The Kier molecular flexibility index (Phi) is 3.64. The third-order valence-corrected chi connectivity index (χ3v) is 3.20. The molecule has 0 atom stereocenters. The number of anilines is 1. The van der Waals surface area contributed by atoms with Crippen LogP contribution in [0.3, 0.4) is 0 Å². The van der Waals surface area contributed by atoms with Gasteiger partial charge in [0.2, 0.25) is 0 Å². The molecule has 0 amide bonds. The second-order valence-electron chi connectivity index (χ2n) is 4.61. The number of rotatable bonds is 4. The maximum absolute atomic E-state index is 13.6. The zero-order chi connectivity index (χ0) is 14.7. The van der Waals surface area contributed by atoms with E-state index in [2.05, 4.69) is 15.5 Å². The van der Waals surface area contributed by atoms with Gasteiger partial charge in [0.25, 0.3) is 5.89 Å². The minimum absolute atomic E-state index is 0.262. The highest BCUT2D eigenvalue weighted by Gasteiger charge is 2.11. The first kappa shape index (κ1) is 13.3. The Hall–Kier alpha value is -2.69.